The average molecular weight is 506 g/mol. The van der Waals surface area contributed by atoms with Gasteiger partial charge in [-0.15, -0.1) is 0 Å². The van der Waals surface area contributed by atoms with Gasteiger partial charge in [-0.1, -0.05) is 57.4 Å². The lowest BCUT2D eigenvalue weighted by molar-refractivity contribution is -0.136. The SMILES string of the molecule is Cc1ccc(CN2C(=O)C(O)(CC(=O)c3c(C)cc(C)cc3C)c3cc(Br)ccc32)c(C)c1. The van der Waals surface area contributed by atoms with Crippen LogP contribution >= 0.6 is 15.9 Å². The van der Waals surface area contributed by atoms with Crippen LogP contribution in [0.1, 0.15) is 55.7 Å². The van der Waals surface area contributed by atoms with E-state index in [0.29, 0.717) is 23.4 Å². The largest absolute Gasteiger partial charge is 0.375 e. The molecule has 1 aliphatic heterocycles. The number of carbonyl (C=O) groups excluding carboxylic acids is 2. The van der Waals surface area contributed by atoms with Gasteiger partial charge in [-0.05, 0) is 75.1 Å². The number of anilines is 1. The minimum Gasteiger partial charge on any atom is -0.375 e. The molecule has 3 aromatic carbocycles. The lowest BCUT2D eigenvalue weighted by Crippen LogP contribution is -2.41. The zero-order valence-corrected chi connectivity index (χ0v) is 21.2. The van der Waals surface area contributed by atoms with Crippen LogP contribution in [0.25, 0.3) is 0 Å². The fraction of sp³-hybridized carbons (Fsp3) is 0.286. The van der Waals surface area contributed by atoms with Crippen LogP contribution in [0.4, 0.5) is 5.69 Å². The molecule has 0 bridgehead atoms. The fourth-order valence-electron chi connectivity index (χ4n) is 4.98. The normalized spacial score (nSPS) is 17.4. The average Bonchev–Trinajstić information content (AvgIpc) is 2.90. The monoisotopic (exact) mass is 505 g/mol. The number of rotatable bonds is 5. The quantitative estimate of drug-likeness (QED) is 0.432. The molecule has 5 heteroatoms. The molecule has 1 atom stereocenters. The van der Waals surface area contributed by atoms with Crippen molar-refractivity contribution in [2.24, 2.45) is 0 Å². The van der Waals surface area contributed by atoms with Crippen molar-refractivity contribution in [1.82, 2.24) is 0 Å². The van der Waals surface area contributed by atoms with E-state index in [2.05, 4.69) is 22.0 Å². The summed E-state index contributed by atoms with van der Waals surface area (Å²) in [5.41, 5.74) is 5.78. The van der Waals surface area contributed by atoms with Crippen molar-refractivity contribution in [1.29, 1.82) is 0 Å². The van der Waals surface area contributed by atoms with Gasteiger partial charge >= 0.3 is 0 Å². The minimum absolute atomic E-state index is 0.236. The smallest absolute Gasteiger partial charge is 0.264 e. The number of hydrogen-bond acceptors (Lipinski definition) is 3. The molecule has 0 aliphatic carbocycles. The molecule has 0 aromatic heterocycles. The van der Waals surface area contributed by atoms with Crippen molar-refractivity contribution >= 4 is 33.3 Å². The predicted molar refractivity (Wildman–Crippen MR) is 135 cm³/mol. The van der Waals surface area contributed by atoms with Crippen LogP contribution in [0.15, 0.2) is 53.0 Å². The van der Waals surface area contributed by atoms with Gasteiger partial charge in [0.15, 0.2) is 11.4 Å². The van der Waals surface area contributed by atoms with Crippen LogP contribution in [0.3, 0.4) is 0 Å². The number of aliphatic hydroxyl groups is 1. The standard InChI is InChI=1S/C28H28BrNO3/c1-16-6-7-21(18(3)10-16)15-30-24-9-8-22(29)13-23(24)28(33,27(30)32)14-25(31)26-19(4)11-17(2)12-20(26)5/h6-13,33H,14-15H2,1-5H3. The van der Waals surface area contributed by atoms with Crippen molar-refractivity contribution in [3.8, 4) is 0 Å². The Labute approximate surface area is 203 Å². The van der Waals surface area contributed by atoms with Crippen LogP contribution in [0.2, 0.25) is 0 Å². The molecule has 170 valence electrons. The highest BCUT2D eigenvalue weighted by molar-refractivity contribution is 9.10. The van der Waals surface area contributed by atoms with E-state index in [9.17, 15) is 14.7 Å². The molecule has 0 saturated heterocycles. The van der Waals surface area contributed by atoms with E-state index in [1.807, 2.05) is 71.0 Å². The van der Waals surface area contributed by atoms with E-state index in [-0.39, 0.29) is 12.2 Å². The molecule has 33 heavy (non-hydrogen) atoms. The first-order valence-corrected chi connectivity index (χ1v) is 11.8. The van der Waals surface area contributed by atoms with Crippen LogP contribution in [-0.4, -0.2) is 16.8 Å². The molecular formula is C28H28BrNO3. The second-order valence-electron chi connectivity index (χ2n) is 9.22. The third kappa shape index (κ3) is 4.16. The van der Waals surface area contributed by atoms with E-state index in [1.54, 1.807) is 11.0 Å². The summed E-state index contributed by atoms with van der Waals surface area (Å²) in [5, 5.41) is 11.7. The van der Waals surface area contributed by atoms with E-state index in [4.69, 9.17) is 0 Å². The molecular weight excluding hydrogens is 478 g/mol. The Hall–Kier alpha value is -2.76. The lowest BCUT2D eigenvalue weighted by atomic mass is 9.85. The van der Waals surface area contributed by atoms with Crippen LogP contribution in [-0.2, 0) is 16.9 Å². The molecule has 1 N–H and O–H groups in total. The molecule has 1 unspecified atom stereocenters. The molecule has 0 spiro atoms. The third-order valence-electron chi connectivity index (χ3n) is 6.49. The molecule has 0 fully saturated rings. The van der Waals surface area contributed by atoms with Crippen molar-refractivity contribution in [2.75, 3.05) is 4.90 Å². The Balaban J connectivity index is 1.75. The Morgan fingerprint density at radius 1 is 0.909 bits per heavy atom. The highest BCUT2D eigenvalue weighted by Gasteiger charge is 2.51. The molecule has 0 saturated carbocycles. The van der Waals surface area contributed by atoms with Gasteiger partial charge in [0, 0.05) is 15.6 Å². The second kappa shape index (κ2) is 8.54. The Morgan fingerprint density at radius 2 is 1.55 bits per heavy atom. The number of aryl methyl sites for hydroxylation is 5. The van der Waals surface area contributed by atoms with Crippen LogP contribution in [0.5, 0.6) is 0 Å². The topological polar surface area (TPSA) is 57.6 Å². The van der Waals surface area contributed by atoms with Crippen LogP contribution < -0.4 is 4.90 Å². The van der Waals surface area contributed by atoms with Gasteiger partial charge in [0.1, 0.15) is 0 Å². The Morgan fingerprint density at radius 3 is 2.18 bits per heavy atom. The highest BCUT2D eigenvalue weighted by Crippen LogP contribution is 2.45. The number of ketones is 1. The predicted octanol–water partition coefficient (Wildman–Crippen LogP) is 6.00. The van der Waals surface area contributed by atoms with Gasteiger partial charge in [0.2, 0.25) is 0 Å². The number of benzene rings is 3. The fourth-order valence-corrected chi connectivity index (χ4v) is 5.35. The molecule has 3 aromatic rings. The van der Waals surface area contributed by atoms with Gasteiger partial charge in [0.25, 0.3) is 5.91 Å². The van der Waals surface area contributed by atoms with Gasteiger partial charge in [0.05, 0.1) is 18.7 Å². The van der Waals surface area contributed by atoms with Gasteiger partial charge in [-0.25, -0.2) is 0 Å². The molecule has 0 radical (unpaired) electrons. The number of Topliss-reactive ketones (excluding diaryl/α,β-unsaturated/α-hetero) is 1. The number of hydrogen-bond donors (Lipinski definition) is 1. The summed E-state index contributed by atoms with van der Waals surface area (Å²) in [7, 11) is 0. The van der Waals surface area contributed by atoms with Gasteiger partial charge in [-0.3, -0.25) is 9.59 Å². The number of carbonyl (C=O) groups is 2. The molecule has 4 nitrogen and oxygen atoms in total. The van der Waals surface area contributed by atoms with E-state index < -0.39 is 11.5 Å². The Bertz CT molecular complexity index is 1270. The number of halogens is 1. The van der Waals surface area contributed by atoms with Crippen molar-refractivity contribution in [2.45, 2.75) is 53.2 Å². The number of amides is 1. The summed E-state index contributed by atoms with van der Waals surface area (Å²) in [6.45, 7) is 10.2. The molecule has 4 rings (SSSR count). The first-order chi connectivity index (χ1) is 15.5. The third-order valence-corrected chi connectivity index (χ3v) is 6.99. The first-order valence-electron chi connectivity index (χ1n) is 11.0. The first kappa shape index (κ1) is 23.4. The molecule has 1 amide bonds. The van der Waals surface area contributed by atoms with E-state index in [1.165, 1.54) is 0 Å². The summed E-state index contributed by atoms with van der Waals surface area (Å²) >= 11 is 3.46. The summed E-state index contributed by atoms with van der Waals surface area (Å²) in [4.78, 5) is 28.7. The molecule has 1 aliphatic rings. The van der Waals surface area contributed by atoms with Gasteiger partial charge in [-0.2, -0.15) is 0 Å². The summed E-state index contributed by atoms with van der Waals surface area (Å²) < 4.78 is 0.746. The number of fused-ring (bicyclic) bond motifs is 1. The van der Waals surface area contributed by atoms with Gasteiger partial charge < -0.3 is 10.0 Å². The maximum absolute atomic E-state index is 13.7. The maximum Gasteiger partial charge on any atom is 0.264 e. The zero-order valence-electron chi connectivity index (χ0n) is 19.6. The zero-order chi connectivity index (χ0) is 24.1. The van der Waals surface area contributed by atoms with Crippen molar-refractivity contribution in [3.63, 3.8) is 0 Å². The summed E-state index contributed by atoms with van der Waals surface area (Å²) in [6, 6.07) is 15.4. The summed E-state index contributed by atoms with van der Waals surface area (Å²) in [6.07, 6.45) is -0.302. The van der Waals surface area contributed by atoms with E-state index in [0.717, 1.165) is 37.9 Å². The van der Waals surface area contributed by atoms with Crippen molar-refractivity contribution in [3.05, 3.63) is 97.5 Å². The highest BCUT2D eigenvalue weighted by atomic mass is 79.9. The maximum atomic E-state index is 13.7. The lowest BCUT2D eigenvalue weighted by Gasteiger charge is -2.24. The minimum atomic E-state index is -1.92. The second-order valence-corrected chi connectivity index (χ2v) is 10.1. The number of nitrogens with zero attached hydrogens (tertiary/aromatic N) is 1. The van der Waals surface area contributed by atoms with E-state index >= 15 is 0 Å². The molecule has 1 heterocycles. The summed E-state index contributed by atoms with van der Waals surface area (Å²) in [5.74, 6) is -0.702. The van der Waals surface area contributed by atoms with Crippen molar-refractivity contribution < 1.29 is 14.7 Å². The van der Waals surface area contributed by atoms with Crippen LogP contribution in [0, 0.1) is 34.6 Å². The Kier molecular flexibility index (Phi) is 6.06.